The zero-order valence-electron chi connectivity index (χ0n) is 15.7. The lowest BCUT2D eigenvalue weighted by Gasteiger charge is -2.34. The highest BCUT2D eigenvalue weighted by Crippen LogP contribution is 2.45. The van der Waals surface area contributed by atoms with Crippen molar-refractivity contribution in [2.24, 2.45) is 11.8 Å². The number of carboxylic acids is 2. The number of aliphatic hydroxyl groups excluding tert-OH is 1. The highest BCUT2D eigenvalue weighted by molar-refractivity contribution is 8.03. The second-order valence-corrected chi connectivity index (χ2v) is 8.48. The maximum Gasteiger partial charge on any atom is 0.311 e. The van der Waals surface area contributed by atoms with Gasteiger partial charge in [0.1, 0.15) is 12.5 Å². The molecule has 0 aliphatic carbocycles. The molecule has 2 unspecified atom stereocenters. The van der Waals surface area contributed by atoms with Crippen LogP contribution in [-0.4, -0.2) is 60.0 Å². The molecular weight excluding hydrogens is 388 g/mol. The number of fused-ring (bicyclic) bond motifs is 1. The number of amides is 1. The van der Waals surface area contributed by atoms with Gasteiger partial charge in [-0.05, 0) is 11.9 Å². The molecule has 10 nitrogen and oxygen atoms in total. The normalized spacial score (nSPS) is 26.3. The first-order valence-corrected chi connectivity index (χ1v) is 9.74. The topological polar surface area (TPSA) is 140 Å². The molecule has 0 aromatic carbocycles. The van der Waals surface area contributed by atoms with E-state index in [4.69, 9.17) is 0 Å². The Bertz CT molecular complexity index is 830. The van der Waals surface area contributed by atoms with Crippen molar-refractivity contribution in [3.05, 3.63) is 23.3 Å². The van der Waals surface area contributed by atoms with Crippen molar-refractivity contribution < 1.29 is 34.4 Å². The van der Waals surface area contributed by atoms with Crippen molar-refractivity contribution in [1.82, 2.24) is 14.6 Å². The van der Waals surface area contributed by atoms with Crippen molar-refractivity contribution >= 4 is 29.6 Å². The van der Waals surface area contributed by atoms with Crippen LogP contribution in [0.4, 0.5) is 0 Å². The molecule has 28 heavy (non-hydrogen) atoms. The SMILES string of the molecule is CC(=O)N1C(C(=O)[O-])=C(SC2Cn3cnc[n+]3C2)[C@@H](C)C1C(C(=O)O)[C@@H](C)O. The Kier molecular flexibility index (Phi) is 5.48. The number of carbonyl (C=O) groups is 3. The number of hydrogen-bond donors (Lipinski definition) is 2. The second kappa shape index (κ2) is 7.55. The highest BCUT2D eigenvalue weighted by Gasteiger charge is 2.49. The fraction of sp³-hybridized carbons (Fsp3) is 0.588. The summed E-state index contributed by atoms with van der Waals surface area (Å²) < 4.78 is 3.79. The van der Waals surface area contributed by atoms with E-state index in [9.17, 15) is 29.7 Å². The molecule has 0 saturated carbocycles. The standard InChI is InChI=1S/C17H22N4O6S/c1-8-13(12(9(2)22)16(24)25)21(10(3)23)14(17(26)27)15(8)28-11-4-19-6-18-7-20(19)5-11/h6-9,11-13,22H,4-5H2,1-3H3,(H-,24,25,26,27)/t8-,9+,12?,13?/m0/s1. The lowest BCUT2D eigenvalue weighted by molar-refractivity contribution is -0.758. The molecule has 2 N–H and O–H groups in total. The summed E-state index contributed by atoms with van der Waals surface area (Å²) in [7, 11) is 0. The van der Waals surface area contributed by atoms with E-state index in [0.29, 0.717) is 18.0 Å². The van der Waals surface area contributed by atoms with Crippen LogP contribution in [0.15, 0.2) is 23.3 Å². The minimum absolute atomic E-state index is 0.00261. The summed E-state index contributed by atoms with van der Waals surface area (Å²) >= 11 is 1.31. The Morgan fingerprint density at radius 1 is 1.43 bits per heavy atom. The molecule has 1 aromatic heterocycles. The fourth-order valence-electron chi connectivity index (χ4n) is 4.05. The molecule has 2 aliphatic rings. The number of nitrogens with zero attached hydrogens (tertiary/aromatic N) is 4. The van der Waals surface area contributed by atoms with Gasteiger partial charge in [0, 0.05) is 17.7 Å². The summed E-state index contributed by atoms with van der Waals surface area (Å²) in [6, 6.07) is -1.01. The van der Waals surface area contributed by atoms with Crippen molar-refractivity contribution in [1.29, 1.82) is 0 Å². The summed E-state index contributed by atoms with van der Waals surface area (Å²) in [5, 5.41) is 31.5. The Balaban J connectivity index is 1.98. The molecule has 0 bridgehead atoms. The van der Waals surface area contributed by atoms with Crippen LogP contribution in [0, 0.1) is 11.8 Å². The van der Waals surface area contributed by atoms with Crippen molar-refractivity contribution in [2.75, 3.05) is 0 Å². The average molecular weight is 410 g/mol. The molecule has 1 amide bonds. The van der Waals surface area contributed by atoms with Crippen LogP contribution in [0.2, 0.25) is 0 Å². The molecule has 11 heteroatoms. The number of aliphatic hydroxyl groups is 1. The molecule has 152 valence electrons. The van der Waals surface area contributed by atoms with Gasteiger partial charge in [0.25, 0.3) is 0 Å². The van der Waals surface area contributed by atoms with Gasteiger partial charge in [-0.3, -0.25) is 9.59 Å². The van der Waals surface area contributed by atoms with Gasteiger partial charge in [-0.1, -0.05) is 6.92 Å². The first-order chi connectivity index (χ1) is 13.1. The van der Waals surface area contributed by atoms with Crippen LogP contribution in [0.3, 0.4) is 0 Å². The molecular formula is C17H22N4O6S. The van der Waals surface area contributed by atoms with Crippen LogP contribution < -0.4 is 9.79 Å². The lowest BCUT2D eigenvalue weighted by Crippen LogP contribution is -2.50. The molecule has 0 saturated heterocycles. The van der Waals surface area contributed by atoms with Crippen molar-refractivity contribution in [3.63, 3.8) is 0 Å². The number of carbonyl (C=O) groups excluding carboxylic acids is 2. The Labute approximate surface area is 165 Å². The van der Waals surface area contributed by atoms with E-state index < -0.39 is 41.8 Å². The molecule has 0 fully saturated rings. The van der Waals surface area contributed by atoms with Gasteiger partial charge in [0.05, 0.1) is 35.6 Å². The first-order valence-electron chi connectivity index (χ1n) is 8.86. The fourth-order valence-corrected chi connectivity index (χ4v) is 5.51. The van der Waals surface area contributed by atoms with Crippen LogP contribution in [-0.2, 0) is 27.5 Å². The number of thioether (sulfide) groups is 1. The van der Waals surface area contributed by atoms with Gasteiger partial charge >= 0.3 is 12.3 Å². The zero-order chi connectivity index (χ0) is 20.7. The summed E-state index contributed by atoms with van der Waals surface area (Å²) in [6.45, 7) is 5.39. The van der Waals surface area contributed by atoms with Gasteiger partial charge in [0.2, 0.25) is 12.2 Å². The number of hydrogen-bond acceptors (Lipinski definition) is 7. The van der Waals surface area contributed by atoms with Crippen LogP contribution in [0.25, 0.3) is 0 Å². The highest BCUT2D eigenvalue weighted by atomic mass is 32.2. The van der Waals surface area contributed by atoms with Crippen LogP contribution >= 0.6 is 11.8 Å². The molecule has 1 aromatic rings. The monoisotopic (exact) mass is 410 g/mol. The van der Waals surface area contributed by atoms with E-state index in [1.54, 1.807) is 19.6 Å². The largest absolute Gasteiger partial charge is 0.543 e. The summed E-state index contributed by atoms with van der Waals surface area (Å²) in [4.78, 5) is 41.4. The van der Waals surface area contributed by atoms with Gasteiger partial charge in [0.15, 0.2) is 0 Å². The molecule has 3 heterocycles. The third kappa shape index (κ3) is 3.39. The summed E-state index contributed by atoms with van der Waals surface area (Å²) in [5.41, 5.74) is -0.304. The molecule has 0 spiro atoms. The average Bonchev–Trinajstić information content (AvgIpc) is 3.21. The van der Waals surface area contributed by atoms with Crippen LogP contribution in [0.5, 0.6) is 0 Å². The third-order valence-corrected chi connectivity index (χ3v) is 6.66. The molecule has 4 atom stereocenters. The van der Waals surface area contributed by atoms with E-state index >= 15 is 0 Å². The number of rotatable bonds is 6. The maximum atomic E-state index is 12.3. The zero-order valence-corrected chi connectivity index (χ0v) is 16.5. The third-order valence-electron chi connectivity index (χ3n) is 5.21. The molecule has 2 aliphatic heterocycles. The van der Waals surface area contributed by atoms with Gasteiger partial charge < -0.3 is 25.0 Å². The van der Waals surface area contributed by atoms with Gasteiger partial charge in [-0.25, -0.2) is 0 Å². The Morgan fingerprint density at radius 2 is 2.11 bits per heavy atom. The minimum atomic E-state index is -1.53. The Morgan fingerprint density at radius 3 is 2.61 bits per heavy atom. The molecule has 3 rings (SSSR count). The van der Waals surface area contributed by atoms with E-state index in [0.717, 1.165) is 4.90 Å². The van der Waals surface area contributed by atoms with Crippen LogP contribution in [0.1, 0.15) is 20.8 Å². The number of carboxylic acid groups (broad SMARTS) is 2. The van der Waals surface area contributed by atoms with E-state index in [2.05, 4.69) is 4.98 Å². The summed E-state index contributed by atoms with van der Waals surface area (Å²) in [5.74, 6) is -5.34. The quantitative estimate of drug-likeness (QED) is 0.524. The van der Waals surface area contributed by atoms with E-state index in [1.165, 1.54) is 25.6 Å². The smallest absolute Gasteiger partial charge is 0.311 e. The van der Waals surface area contributed by atoms with Gasteiger partial charge in [-0.2, -0.15) is 9.36 Å². The minimum Gasteiger partial charge on any atom is -0.543 e. The second-order valence-electron chi connectivity index (χ2n) is 7.14. The van der Waals surface area contributed by atoms with Gasteiger partial charge in [-0.15, -0.1) is 11.8 Å². The number of aromatic nitrogens is 3. The maximum absolute atomic E-state index is 12.3. The predicted octanol–water partition coefficient (Wildman–Crippen LogP) is -1.80. The van der Waals surface area contributed by atoms with Crippen molar-refractivity contribution in [2.45, 2.75) is 51.3 Å². The lowest BCUT2D eigenvalue weighted by atomic mass is 9.86. The first kappa shape index (κ1) is 20.3. The number of aliphatic carboxylic acids is 2. The van der Waals surface area contributed by atoms with E-state index in [-0.39, 0.29) is 10.9 Å². The Hall–Kier alpha value is -2.40. The summed E-state index contributed by atoms with van der Waals surface area (Å²) in [6.07, 6.45) is 2.07. The molecule has 0 radical (unpaired) electrons. The van der Waals surface area contributed by atoms with Crippen molar-refractivity contribution in [3.8, 4) is 0 Å². The van der Waals surface area contributed by atoms with E-state index in [1.807, 2.05) is 9.36 Å². The predicted molar refractivity (Wildman–Crippen MR) is 94.1 cm³/mol.